The molecule has 0 radical (unpaired) electrons. The third-order valence-electron chi connectivity index (χ3n) is 5.60. The van der Waals surface area contributed by atoms with Crippen LogP contribution in [0.3, 0.4) is 0 Å². The summed E-state index contributed by atoms with van der Waals surface area (Å²) >= 11 is 0. The van der Waals surface area contributed by atoms with Gasteiger partial charge in [-0.1, -0.05) is 18.2 Å². The van der Waals surface area contributed by atoms with Crippen LogP contribution in [0.15, 0.2) is 42.6 Å². The van der Waals surface area contributed by atoms with Crippen LogP contribution in [0.2, 0.25) is 0 Å². The molecule has 31 heavy (non-hydrogen) atoms. The number of H-pyrrole nitrogens is 1. The van der Waals surface area contributed by atoms with E-state index in [-0.39, 0.29) is 11.4 Å². The van der Waals surface area contributed by atoms with Gasteiger partial charge in [0.1, 0.15) is 0 Å². The Morgan fingerprint density at radius 3 is 2.29 bits per heavy atom. The molecule has 168 valence electrons. The Morgan fingerprint density at radius 2 is 1.74 bits per heavy atom. The number of para-hydroxylation sites is 1. The molecule has 5 rings (SSSR count). The molecule has 2 aromatic rings. The smallest absolute Gasteiger partial charge is 0.328 e. The van der Waals surface area contributed by atoms with E-state index in [1.165, 1.54) is 0 Å². The Labute approximate surface area is 178 Å². The minimum Gasteiger partial charge on any atom is -0.478 e. The van der Waals surface area contributed by atoms with Gasteiger partial charge in [-0.3, -0.25) is 4.79 Å². The minimum absolute atomic E-state index is 0. The number of rotatable bonds is 5. The van der Waals surface area contributed by atoms with Crippen molar-refractivity contribution < 1.29 is 35.2 Å². The van der Waals surface area contributed by atoms with Crippen molar-refractivity contribution >= 4 is 28.7 Å². The SMILES string of the molecule is O.O=C(NCC1(O)CN2CCC1CC2)c1c[nH]c2ccccc12.O=C(O)/C=C/C(=O)O. The van der Waals surface area contributed by atoms with Gasteiger partial charge in [0.25, 0.3) is 5.91 Å². The summed E-state index contributed by atoms with van der Waals surface area (Å²) in [6.07, 6.45) is 4.91. The summed E-state index contributed by atoms with van der Waals surface area (Å²) < 4.78 is 0. The molecule has 4 heterocycles. The van der Waals surface area contributed by atoms with Crippen LogP contribution in [0.5, 0.6) is 0 Å². The van der Waals surface area contributed by atoms with Crippen molar-refractivity contribution in [2.45, 2.75) is 18.4 Å². The maximum absolute atomic E-state index is 12.5. The summed E-state index contributed by atoms with van der Waals surface area (Å²) in [4.78, 5) is 37.0. The molecule has 2 bridgehead atoms. The number of aliphatic hydroxyl groups is 1. The van der Waals surface area contributed by atoms with E-state index >= 15 is 0 Å². The lowest BCUT2D eigenvalue weighted by Crippen LogP contribution is -2.63. The van der Waals surface area contributed by atoms with Gasteiger partial charge in [0.15, 0.2) is 0 Å². The zero-order valence-corrected chi connectivity index (χ0v) is 16.9. The van der Waals surface area contributed by atoms with E-state index in [1.807, 2.05) is 24.3 Å². The third-order valence-corrected chi connectivity index (χ3v) is 5.60. The molecular weight excluding hydrogens is 406 g/mol. The van der Waals surface area contributed by atoms with Crippen LogP contribution in [0.1, 0.15) is 23.2 Å². The number of nitrogens with zero attached hydrogens (tertiary/aromatic N) is 1. The zero-order valence-electron chi connectivity index (χ0n) is 16.9. The van der Waals surface area contributed by atoms with Crippen molar-refractivity contribution in [3.63, 3.8) is 0 Å². The molecule has 7 N–H and O–H groups in total. The van der Waals surface area contributed by atoms with Gasteiger partial charge in [-0.05, 0) is 37.9 Å². The second-order valence-electron chi connectivity index (χ2n) is 7.59. The van der Waals surface area contributed by atoms with Crippen LogP contribution in [-0.4, -0.2) is 80.3 Å². The summed E-state index contributed by atoms with van der Waals surface area (Å²) in [6, 6.07) is 7.75. The molecule has 3 fully saturated rings. The Morgan fingerprint density at radius 1 is 1.13 bits per heavy atom. The zero-order chi connectivity index (χ0) is 21.7. The fourth-order valence-electron chi connectivity index (χ4n) is 4.08. The Bertz CT molecular complexity index is 947. The Kier molecular flexibility index (Phi) is 7.92. The number of hydrogen-bond acceptors (Lipinski definition) is 5. The molecular formula is C21H27N3O7. The molecule has 3 aliphatic rings. The first-order valence-electron chi connectivity index (χ1n) is 9.71. The number of hydrogen-bond donors (Lipinski definition) is 5. The number of aromatic amines is 1. The summed E-state index contributed by atoms with van der Waals surface area (Å²) in [5, 5.41) is 30.3. The highest BCUT2D eigenvalue weighted by atomic mass is 16.4. The van der Waals surface area contributed by atoms with E-state index in [9.17, 15) is 19.5 Å². The van der Waals surface area contributed by atoms with Crippen LogP contribution in [0.4, 0.5) is 0 Å². The number of nitrogens with one attached hydrogen (secondary N) is 2. The van der Waals surface area contributed by atoms with Crippen LogP contribution in [0.25, 0.3) is 10.9 Å². The van der Waals surface area contributed by atoms with E-state index in [4.69, 9.17) is 10.2 Å². The van der Waals surface area contributed by atoms with Crippen molar-refractivity contribution in [1.29, 1.82) is 0 Å². The van der Waals surface area contributed by atoms with Crippen LogP contribution < -0.4 is 5.32 Å². The standard InChI is InChI=1S/C17H21N3O2.C4H4O4.H2O/c21-16(14-9-18-15-4-2-1-3-13(14)15)19-10-17(22)11-20-7-5-12(17)6-8-20;5-3(6)1-2-4(7)8;/h1-4,9,12,18,22H,5-8,10-11H2,(H,19,21);1-2H,(H,5,6)(H,7,8);1H2/b;2-1+;. The maximum Gasteiger partial charge on any atom is 0.328 e. The Hall–Kier alpha value is -3.21. The predicted molar refractivity (Wildman–Crippen MR) is 113 cm³/mol. The van der Waals surface area contributed by atoms with Crippen molar-refractivity contribution in [3.05, 3.63) is 48.2 Å². The first kappa shape index (κ1) is 24.1. The molecule has 0 saturated carbocycles. The number of fused-ring (bicyclic) bond motifs is 4. The van der Waals surface area contributed by atoms with Gasteiger partial charge in [-0.15, -0.1) is 0 Å². The quantitative estimate of drug-likeness (QED) is 0.420. The second-order valence-corrected chi connectivity index (χ2v) is 7.59. The molecule has 3 aliphatic heterocycles. The van der Waals surface area contributed by atoms with E-state index in [2.05, 4.69) is 15.2 Å². The first-order chi connectivity index (χ1) is 14.3. The van der Waals surface area contributed by atoms with E-state index in [1.54, 1.807) is 6.20 Å². The molecule has 1 atom stereocenters. The monoisotopic (exact) mass is 433 g/mol. The number of carboxylic acids is 2. The lowest BCUT2D eigenvalue weighted by atomic mass is 9.75. The molecule has 1 amide bonds. The average molecular weight is 433 g/mol. The largest absolute Gasteiger partial charge is 0.478 e. The van der Waals surface area contributed by atoms with Crippen LogP contribution in [-0.2, 0) is 9.59 Å². The van der Waals surface area contributed by atoms with Gasteiger partial charge in [-0.2, -0.15) is 0 Å². The van der Waals surface area contributed by atoms with Crippen molar-refractivity contribution in [2.24, 2.45) is 5.92 Å². The molecule has 0 aliphatic carbocycles. The summed E-state index contributed by atoms with van der Waals surface area (Å²) in [7, 11) is 0. The molecule has 1 aromatic carbocycles. The number of carboxylic acid groups (broad SMARTS) is 2. The summed E-state index contributed by atoms with van der Waals surface area (Å²) in [6.45, 7) is 3.14. The number of carbonyl (C=O) groups excluding carboxylic acids is 1. The molecule has 10 heteroatoms. The molecule has 10 nitrogen and oxygen atoms in total. The normalized spacial score (nSPS) is 24.2. The second kappa shape index (κ2) is 10.2. The highest BCUT2D eigenvalue weighted by Gasteiger charge is 2.45. The molecule has 0 spiro atoms. The Balaban J connectivity index is 0.000000329. The van der Waals surface area contributed by atoms with Gasteiger partial charge in [0, 0.05) is 42.3 Å². The van der Waals surface area contributed by atoms with Crippen molar-refractivity contribution in [1.82, 2.24) is 15.2 Å². The van der Waals surface area contributed by atoms with Gasteiger partial charge in [0.05, 0.1) is 11.2 Å². The third kappa shape index (κ3) is 5.91. The van der Waals surface area contributed by atoms with Crippen LogP contribution >= 0.6 is 0 Å². The van der Waals surface area contributed by atoms with Crippen molar-refractivity contribution in [2.75, 3.05) is 26.2 Å². The van der Waals surface area contributed by atoms with Crippen molar-refractivity contribution in [3.8, 4) is 0 Å². The van der Waals surface area contributed by atoms with E-state index in [0.717, 1.165) is 36.8 Å². The summed E-state index contributed by atoms with van der Waals surface area (Å²) in [5.41, 5.74) is 0.813. The van der Waals surface area contributed by atoms with Gasteiger partial charge in [-0.25, -0.2) is 9.59 Å². The molecule has 3 saturated heterocycles. The molecule has 1 unspecified atom stereocenters. The van der Waals surface area contributed by atoms with Gasteiger partial charge >= 0.3 is 11.9 Å². The first-order valence-corrected chi connectivity index (χ1v) is 9.71. The number of piperidine rings is 3. The number of aromatic nitrogens is 1. The number of carbonyl (C=O) groups is 3. The van der Waals surface area contributed by atoms with Crippen LogP contribution in [0, 0.1) is 5.92 Å². The summed E-state index contributed by atoms with van der Waals surface area (Å²) in [5.74, 6) is -2.33. The topological polar surface area (TPSA) is 174 Å². The fraction of sp³-hybridized carbons (Fsp3) is 0.381. The van der Waals surface area contributed by atoms with E-state index in [0.29, 0.717) is 36.7 Å². The highest BCUT2D eigenvalue weighted by Crippen LogP contribution is 2.35. The number of amides is 1. The van der Waals surface area contributed by atoms with Gasteiger partial charge in [0.2, 0.25) is 0 Å². The van der Waals surface area contributed by atoms with E-state index < -0.39 is 17.5 Å². The average Bonchev–Trinajstić information content (AvgIpc) is 3.16. The lowest BCUT2D eigenvalue weighted by molar-refractivity contribution is -0.134. The predicted octanol–water partition coefficient (Wildman–Crippen LogP) is 0.242. The number of aliphatic carboxylic acids is 2. The fourth-order valence-corrected chi connectivity index (χ4v) is 4.08. The highest BCUT2D eigenvalue weighted by molar-refractivity contribution is 6.06. The lowest BCUT2D eigenvalue weighted by Gasteiger charge is -2.50. The maximum atomic E-state index is 12.5. The molecule has 1 aromatic heterocycles. The number of benzene rings is 1. The minimum atomic E-state index is -1.26. The van der Waals surface area contributed by atoms with Gasteiger partial charge < -0.3 is 36.0 Å².